The predicted molar refractivity (Wildman–Crippen MR) is 76.6 cm³/mol. The van der Waals surface area contributed by atoms with Gasteiger partial charge in [0.2, 0.25) is 0 Å². The lowest BCUT2D eigenvalue weighted by atomic mass is 10.2. The molecule has 2 aromatic rings. The number of rotatable bonds is 2. The van der Waals surface area contributed by atoms with Crippen LogP contribution in [0, 0.1) is 6.92 Å². The van der Waals surface area contributed by atoms with Gasteiger partial charge in [0.15, 0.2) is 9.58 Å². The van der Waals surface area contributed by atoms with Crippen LogP contribution >= 0.6 is 10.5 Å². The van der Waals surface area contributed by atoms with Crippen LogP contribution in [0.2, 0.25) is 0 Å². The maximum Gasteiger partial charge on any atom is 0.673 e. The second-order valence-electron chi connectivity index (χ2n) is 4.65. The summed E-state index contributed by atoms with van der Waals surface area (Å²) in [6, 6.07) is 6.94. The second-order valence-corrected chi connectivity index (χ2v) is 6.69. The van der Waals surface area contributed by atoms with Crippen molar-refractivity contribution in [3.05, 3.63) is 34.7 Å². The molecule has 0 saturated carbocycles. The highest BCUT2D eigenvalue weighted by Crippen LogP contribution is 2.51. The molecule has 0 spiro atoms. The lowest BCUT2D eigenvalue weighted by Crippen LogP contribution is -2.02. The van der Waals surface area contributed by atoms with E-state index in [-0.39, 0.29) is 0 Å². The van der Waals surface area contributed by atoms with Gasteiger partial charge >= 0.3 is 12.8 Å². The first-order valence-corrected chi connectivity index (χ1v) is 7.65. The molecule has 1 aromatic carbocycles. The minimum Gasteiger partial charge on any atom is -0.418 e. The standard InChI is InChI=1S/C13H14F3S.BF4/c1-3-4-11-8-10-7-9(2)5-6-12(10)17(11)13(14,15)16;2-1(3,4)5/h5-8H,3-4H2,1-2H3;/q+1;-1. The van der Waals surface area contributed by atoms with Crippen LogP contribution in [0.5, 0.6) is 0 Å². The fourth-order valence-electron chi connectivity index (χ4n) is 2.03. The topological polar surface area (TPSA) is 0 Å². The van der Waals surface area contributed by atoms with Gasteiger partial charge in [-0.3, -0.25) is 0 Å². The summed E-state index contributed by atoms with van der Waals surface area (Å²) in [5.41, 5.74) is -3.15. The third-order valence-corrected chi connectivity index (χ3v) is 4.81. The summed E-state index contributed by atoms with van der Waals surface area (Å²) in [6.45, 7) is 3.81. The van der Waals surface area contributed by atoms with E-state index in [9.17, 15) is 30.4 Å². The molecule has 1 heterocycles. The van der Waals surface area contributed by atoms with Crippen molar-refractivity contribution in [1.29, 1.82) is 0 Å². The van der Waals surface area contributed by atoms with Gasteiger partial charge in [-0.15, -0.1) is 13.2 Å². The summed E-state index contributed by atoms with van der Waals surface area (Å²) < 4.78 is 78.7. The number of thiophene rings is 1. The van der Waals surface area contributed by atoms with Gasteiger partial charge in [-0.2, -0.15) is 0 Å². The van der Waals surface area contributed by atoms with E-state index in [1.54, 1.807) is 18.2 Å². The summed E-state index contributed by atoms with van der Waals surface area (Å²) in [5, 5.41) is 0.745. The smallest absolute Gasteiger partial charge is 0.418 e. The Bertz CT molecular complexity index is 622. The van der Waals surface area contributed by atoms with Crippen molar-refractivity contribution < 1.29 is 30.4 Å². The van der Waals surface area contributed by atoms with Gasteiger partial charge < -0.3 is 17.3 Å². The third kappa shape index (κ3) is 5.51. The molecule has 0 aliphatic carbocycles. The average molecular weight is 346 g/mol. The number of alkyl halides is 3. The molecule has 0 N–H and O–H groups in total. The molecule has 0 saturated heterocycles. The van der Waals surface area contributed by atoms with Crippen LogP contribution in [0.1, 0.15) is 23.8 Å². The third-order valence-electron chi connectivity index (χ3n) is 2.69. The molecule has 22 heavy (non-hydrogen) atoms. The highest BCUT2D eigenvalue weighted by molar-refractivity contribution is 7.38. The molecular formula is C13H14BF7S. The quantitative estimate of drug-likeness (QED) is 0.325. The zero-order valence-electron chi connectivity index (χ0n) is 11.9. The van der Waals surface area contributed by atoms with E-state index >= 15 is 0 Å². The van der Waals surface area contributed by atoms with Gasteiger partial charge in [0.1, 0.15) is 0 Å². The monoisotopic (exact) mass is 346 g/mol. The van der Waals surface area contributed by atoms with Crippen LogP contribution in [0.3, 0.4) is 0 Å². The molecule has 2 rings (SSSR count). The van der Waals surface area contributed by atoms with Gasteiger partial charge in [0, 0.05) is 17.9 Å². The van der Waals surface area contributed by atoms with Crippen LogP contribution < -0.4 is 0 Å². The molecule has 124 valence electrons. The molecular weight excluding hydrogens is 332 g/mol. The van der Waals surface area contributed by atoms with E-state index in [0.717, 1.165) is 17.4 Å². The van der Waals surface area contributed by atoms with Gasteiger partial charge in [0.05, 0.1) is 10.5 Å². The number of hydrogen-bond donors (Lipinski definition) is 0. The zero-order valence-corrected chi connectivity index (χ0v) is 12.7. The molecule has 0 amide bonds. The first-order valence-electron chi connectivity index (χ1n) is 6.43. The molecule has 1 unspecified atom stereocenters. The molecule has 0 radical (unpaired) electrons. The van der Waals surface area contributed by atoms with Crippen molar-refractivity contribution in [2.45, 2.75) is 32.2 Å². The van der Waals surface area contributed by atoms with Gasteiger partial charge in [-0.25, -0.2) is 0 Å². The molecule has 0 fully saturated rings. The highest BCUT2D eigenvalue weighted by atomic mass is 32.2. The van der Waals surface area contributed by atoms with Crippen molar-refractivity contribution in [1.82, 2.24) is 0 Å². The average Bonchev–Trinajstić information content (AvgIpc) is 2.63. The maximum atomic E-state index is 13.1. The molecule has 0 bridgehead atoms. The Morgan fingerprint density at radius 2 is 1.59 bits per heavy atom. The Morgan fingerprint density at radius 1 is 1.05 bits per heavy atom. The van der Waals surface area contributed by atoms with E-state index in [1.807, 2.05) is 19.9 Å². The summed E-state index contributed by atoms with van der Waals surface area (Å²) in [6.07, 6.45) is 1.27. The van der Waals surface area contributed by atoms with E-state index < -0.39 is 23.2 Å². The van der Waals surface area contributed by atoms with Gasteiger partial charge in [-0.1, -0.05) is 18.6 Å². The fourth-order valence-corrected chi connectivity index (χ4v) is 4.07. The number of benzene rings is 1. The summed E-state index contributed by atoms with van der Waals surface area (Å²) >= 11 is 0. The lowest BCUT2D eigenvalue weighted by molar-refractivity contribution is -0.0867. The number of fused-ring (bicyclic) bond motifs is 1. The van der Waals surface area contributed by atoms with Crippen LogP contribution in [-0.2, 0) is 11.9 Å². The van der Waals surface area contributed by atoms with Crippen LogP contribution in [0.15, 0.2) is 24.3 Å². The molecule has 1 atom stereocenters. The van der Waals surface area contributed by atoms with Crippen molar-refractivity contribution in [2.75, 3.05) is 0 Å². The van der Waals surface area contributed by atoms with Crippen molar-refractivity contribution in [3.8, 4) is 0 Å². The highest BCUT2D eigenvalue weighted by Gasteiger charge is 2.47. The van der Waals surface area contributed by atoms with Crippen LogP contribution in [-0.4, -0.2) is 7.25 Å². The maximum absolute atomic E-state index is 13.1. The number of halogens is 7. The molecule has 0 nitrogen and oxygen atoms in total. The van der Waals surface area contributed by atoms with E-state index in [2.05, 4.69) is 0 Å². The fraction of sp³-hybridized carbons (Fsp3) is 0.385. The number of aryl methyl sites for hydroxylation is 2. The van der Waals surface area contributed by atoms with Gasteiger partial charge in [0.25, 0.3) is 0 Å². The normalized spacial score (nSPS) is 13.0. The van der Waals surface area contributed by atoms with E-state index in [1.165, 1.54) is 0 Å². The summed E-state index contributed by atoms with van der Waals surface area (Å²) in [5.74, 6) is 0. The van der Waals surface area contributed by atoms with Gasteiger partial charge in [-0.05, 0) is 25.5 Å². The largest absolute Gasteiger partial charge is 0.673 e. The Morgan fingerprint density at radius 3 is 2.05 bits per heavy atom. The Labute approximate surface area is 126 Å². The second kappa shape index (κ2) is 6.89. The minimum atomic E-state index is -6.00. The molecule has 9 heteroatoms. The molecule has 1 aromatic heterocycles. The van der Waals surface area contributed by atoms with Crippen molar-refractivity contribution in [3.63, 3.8) is 0 Å². The molecule has 0 aliphatic heterocycles. The molecule has 0 aliphatic rings. The summed E-state index contributed by atoms with van der Waals surface area (Å²) in [4.78, 5) is 0.528. The summed E-state index contributed by atoms with van der Waals surface area (Å²) in [7, 11) is -7.70. The SMILES string of the molecule is CCCc1cc2cc(C)ccc2[s+]1C(F)(F)F.F[B-](F)(F)F. The lowest BCUT2D eigenvalue weighted by Gasteiger charge is -1.99. The van der Waals surface area contributed by atoms with Crippen LogP contribution in [0.25, 0.3) is 10.1 Å². The van der Waals surface area contributed by atoms with Crippen molar-refractivity contribution >= 4 is 27.8 Å². The Hall–Kier alpha value is -1.25. The minimum absolute atomic E-state index is 0.437. The predicted octanol–water partition coefficient (Wildman–Crippen LogP) is 6.63. The zero-order chi connectivity index (χ0) is 17.1. The van der Waals surface area contributed by atoms with Crippen molar-refractivity contribution in [2.24, 2.45) is 0 Å². The first kappa shape index (κ1) is 18.8. The Balaban J connectivity index is 0.000000422. The van der Waals surface area contributed by atoms with E-state index in [0.29, 0.717) is 16.0 Å². The van der Waals surface area contributed by atoms with Crippen LogP contribution in [0.4, 0.5) is 30.4 Å². The first-order chi connectivity index (χ1) is 9.93. The Kier molecular flexibility index (Phi) is 5.89. The van der Waals surface area contributed by atoms with E-state index in [4.69, 9.17) is 0 Å². The number of hydrogen-bond acceptors (Lipinski definition) is 0.